The zero-order valence-electron chi connectivity index (χ0n) is 8.50. The van der Waals surface area contributed by atoms with Gasteiger partial charge >= 0.3 is 0 Å². The first-order chi connectivity index (χ1) is 5.90. The highest BCUT2D eigenvalue weighted by Gasteiger charge is 2.29. The SMILES string of the molecule is CN(CC(C)(C)O)C(=O)C1CNC1. The first kappa shape index (κ1) is 10.5. The van der Waals surface area contributed by atoms with Gasteiger partial charge in [-0.15, -0.1) is 0 Å². The summed E-state index contributed by atoms with van der Waals surface area (Å²) >= 11 is 0. The highest BCUT2D eigenvalue weighted by atomic mass is 16.3. The molecule has 0 spiro atoms. The molecule has 1 amide bonds. The summed E-state index contributed by atoms with van der Waals surface area (Å²) in [5.41, 5.74) is -0.804. The van der Waals surface area contributed by atoms with Crippen LogP contribution in [0, 0.1) is 5.92 Å². The second-order valence-electron chi connectivity index (χ2n) is 4.36. The Morgan fingerprint density at radius 3 is 2.46 bits per heavy atom. The summed E-state index contributed by atoms with van der Waals surface area (Å²) in [6.45, 7) is 5.35. The molecule has 13 heavy (non-hydrogen) atoms. The molecule has 0 bridgehead atoms. The second kappa shape index (κ2) is 3.64. The van der Waals surface area contributed by atoms with E-state index >= 15 is 0 Å². The molecule has 4 heteroatoms. The molecule has 4 nitrogen and oxygen atoms in total. The Bertz CT molecular complexity index is 194. The van der Waals surface area contributed by atoms with E-state index in [1.807, 2.05) is 0 Å². The molecule has 1 saturated heterocycles. The topological polar surface area (TPSA) is 52.6 Å². The number of hydrogen-bond acceptors (Lipinski definition) is 3. The summed E-state index contributed by atoms with van der Waals surface area (Å²) in [5, 5.41) is 12.5. The number of likely N-dealkylation sites (N-methyl/N-ethyl adjacent to an activating group) is 1. The molecular weight excluding hydrogens is 168 g/mol. The van der Waals surface area contributed by atoms with Gasteiger partial charge in [0.05, 0.1) is 11.5 Å². The average molecular weight is 186 g/mol. The van der Waals surface area contributed by atoms with Crippen LogP contribution in [0.15, 0.2) is 0 Å². The van der Waals surface area contributed by atoms with Crippen LogP contribution in [0.4, 0.5) is 0 Å². The molecule has 1 fully saturated rings. The van der Waals surface area contributed by atoms with Gasteiger partial charge in [0.15, 0.2) is 0 Å². The van der Waals surface area contributed by atoms with Crippen molar-refractivity contribution in [1.82, 2.24) is 10.2 Å². The number of nitrogens with one attached hydrogen (secondary N) is 1. The van der Waals surface area contributed by atoms with E-state index in [0.717, 1.165) is 13.1 Å². The number of carbonyl (C=O) groups is 1. The summed E-state index contributed by atoms with van der Waals surface area (Å²) in [4.78, 5) is 13.2. The molecule has 76 valence electrons. The highest BCUT2D eigenvalue weighted by molar-refractivity contribution is 5.80. The van der Waals surface area contributed by atoms with Crippen LogP contribution < -0.4 is 5.32 Å². The lowest BCUT2D eigenvalue weighted by Crippen LogP contribution is -2.53. The summed E-state index contributed by atoms with van der Waals surface area (Å²) in [6.07, 6.45) is 0. The number of carbonyl (C=O) groups excluding carboxylic acids is 1. The van der Waals surface area contributed by atoms with E-state index in [9.17, 15) is 9.90 Å². The summed E-state index contributed by atoms with van der Waals surface area (Å²) in [5.74, 6) is 0.244. The lowest BCUT2D eigenvalue weighted by Gasteiger charge is -2.33. The first-order valence-corrected chi connectivity index (χ1v) is 4.58. The van der Waals surface area contributed by atoms with E-state index in [1.165, 1.54) is 0 Å². The molecule has 2 N–H and O–H groups in total. The Labute approximate surface area is 78.9 Å². The standard InChI is InChI=1S/C9H18N2O2/c1-9(2,13)6-11(3)8(12)7-4-10-5-7/h7,10,13H,4-6H2,1-3H3. The number of aliphatic hydroxyl groups is 1. The molecule has 0 atom stereocenters. The van der Waals surface area contributed by atoms with E-state index in [0.29, 0.717) is 6.54 Å². The maximum atomic E-state index is 11.6. The second-order valence-corrected chi connectivity index (χ2v) is 4.36. The predicted molar refractivity (Wildman–Crippen MR) is 50.3 cm³/mol. The van der Waals surface area contributed by atoms with Gasteiger partial charge in [-0.05, 0) is 13.8 Å². The molecule has 0 saturated carbocycles. The molecule has 1 aliphatic heterocycles. The molecular formula is C9H18N2O2. The Kier molecular flexibility index (Phi) is 2.93. The van der Waals surface area contributed by atoms with Crippen LogP contribution in [0.25, 0.3) is 0 Å². The van der Waals surface area contributed by atoms with Crippen molar-refractivity contribution in [3.05, 3.63) is 0 Å². The Balaban J connectivity index is 2.38. The van der Waals surface area contributed by atoms with E-state index in [-0.39, 0.29) is 11.8 Å². The van der Waals surface area contributed by atoms with Gasteiger partial charge in [0.25, 0.3) is 0 Å². The Morgan fingerprint density at radius 1 is 1.62 bits per heavy atom. The molecule has 0 aromatic rings. The van der Waals surface area contributed by atoms with Crippen molar-refractivity contribution in [2.75, 3.05) is 26.7 Å². The lowest BCUT2D eigenvalue weighted by molar-refractivity contribution is -0.138. The van der Waals surface area contributed by atoms with Crippen LogP contribution in [0.1, 0.15) is 13.8 Å². The van der Waals surface area contributed by atoms with Crippen LogP contribution in [-0.2, 0) is 4.79 Å². The van der Waals surface area contributed by atoms with Crippen molar-refractivity contribution in [1.29, 1.82) is 0 Å². The molecule has 0 aliphatic carbocycles. The van der Waals surface area contributed by atoms with Crippen molar-refractivity contribution in [2.45, 2.75) is 19.4 Å². The third-order valence-electron chi connectivity index (χ3n) is 2.13. The molecule has 0 unspecified atom stereocenters. The number of rotatable bonds is 3. The van der Waals surface area contributed by atoms with Gasteiger partial charge in [0, 0.05) is 26.7 Å². The maximum Gasteiger partial charge on any atom is 0.228 e. The van der Waals surface area contributed by atoms with Crippen molar-refractivity contribution in [2.24, 2.45) is 5.92 Å². The molecule has 1 rings (SSSR count). The normalized spacial score (nSPS) is 18.2. The van der Waals surface area contributed by atoms with Crippen LogP contribution in [0.5, 0.6) is 0 Å². The van der Waals surface area contributed by atoms with E-state index < -0.39 is 5.60 Å². The fourth-order valence-electron chi connectivity index (χ4n) is 1.43. The van der Waals surface area contributed by atoms with Crippen LogP contribution in [0.2, 0.25) is 0 Å². The molecule has 0 radical (unpaired) electrons. The maximum absolute atomic E-state index is 11.6. The zero-order chi connectivity index (χ0) is 10.1. The van der Waals surface area contributed by atoms with Gasteiger partial charge in [-0.25, -0.2) is 0 Å². The van der Waals surface area contributed by atoms with Crippen molar-refractivity contribution in [3.8, 4) is 0 Å². The third kappa shape index (κ3) is 2.97. The third-order valence-corrected chi connectivity index (χ3v) is 2.13. The van der Waals surface area contributed by atoms with Crippen LogP contribution >= 0.6 is 0 Å². The largest absolute Gasteiger partial charge is 0.389 e. The average Bonchev–Trinajstić information content (AvgIpc) is 1.78. The van der Waals surface area contributed by atoms with Gasteiger partial charge in [0.1, 0.15) is 0 Å². The monoisotopic (exact) mass is 186 g/mol. The zero-order valence-corrected chi connectivity index (χ0v) is 8.50. The van der Waals surface area contributed by atoms with E-state index in [2.05, 4.69) is 5.32 Å². The number of nitrogens with zero attached hydrogens (tertiary/aromatic N) is 1. The molecule has 0 aromatic heterocycles. The van der Waals surface area contributed by atoms with Gasteiger partial charge in [0.2, 0.25) is 5.91 Å². The fraction of sp³-hybridized carbons (Fsp3) is 0.889. The van der Waals surface area contributed by atoms with Gasteiger partial charge in [-0.2, -0.15) is 0 Å². The van der Waals surface area contributed by atoms with Crippen molar-refractivity contribution < 1.29 is 9.90 Å². The summed E-state index contributed by atoms with van der Waals surface area (Å²) in [7, 11) is 1.73. The number of amides is 1. The first-order valence-electron chi connectivity index (χ1n) is 4.58. The highest BCUT2D eigenvalue weighted by Crippen LogP contribution is 2.10. The van der Waals surface area contributed by atoms with Crippen molar-refractivity contribution in [3.63, 3.8) is 0 Å². The van der Waals surface area contributed by atoms with E-state index in [4.69, 9.17) is 0 Å². The lowest BCUT2D eigenvalue weighted by atomic mass is 10.0. The Hall–Kier alpha value is -0.610. The van der Waals surface area contributed by atoms with Crippen LogP contribution in [-0.4, -0.2) is 48.2 Å². The minimum atomic E-state index is -0.804. The minimum Gasteiger partial charge on any atom is -0.389 e. The van der Waals surface area contributed by atoms with Gasteiger partial charge < -0.3 is 15.3 Å². The van der Waals surface area contributed by atoms with E-state index in [1.54, 1.807) is 25.8 Å². The minimum absolute atomic E-state index is 0.118. The van der Waals surface area contributed by atoms with Crippen molar-refractivity contribution >= 4 is 5.91 Å². The molecule has 0 aromatic carbocycles. The van der Waals surface area contributed by atoms with Crippen LogP contribution in [0.3, 0.4) is 0 Å². The smallest absolute Gasteiger partial charge is 0.228 e. The predicted octanol–water partition coefficient (Wildman–Crippen LogP) is -0.565. The number of hydrogen-bond donors (Lipinski definition) is 2. The van der Waals surface area contributed by atoms with Gasteiger partial charge in [-0.1, -0.05) is 0 Å². The fourth-order valence-corrected chi connectivity index (χ4v) is 1.43. The Morgan fingerprint density at radius 2 is 2.15 bits per heavy atom. The molecule has 1 heterocycles. The summed E-state index contributed by atoms with van der Waals surface area (Å²) < 4.78 is 0. The van der Waals surface area contributed by atoms with Gasteiger partial charge in [-0.3, -0.25) is 4.79 Å². The quantitative estimate of drug-likeness (QED) is 0.621. The molecule has 1 aliphatic rings. The summed E-state index contributed by atoms with van der Waals surface area (Å²) in [6, 6.07) is 0.